The Morgan fingerprint density at radius 3 is 2.53 bits per heavy atom. The van der Waals surface area contributed by atoms with Crippen LogP contribution in [0.4, 0.5) is 0 Å². The summed E-state index contributed by atoms with van der Waals surface area (Å²) in [6.45, 7) is 3.66. The molecular formula is C20H25N3O5S2. The van der Waals surface area contributed by atoms with E-state index >= 15 is 0 Å². The fourth-order valence-electron chi connectivity index (χ4n) is 2.84. The molecule has 0 bridgehead atoms. The van der Waals surface area contributed by atoms with Crippen LogP contribution in [-0.4, -0.2) is 62.3 Å². The van der Waals surface area contributed by atoms with E-state index in [0.29, 0.717) is 37.9 Å². The third-order valence-corrected chi connectivity index (χ3v) is 7.54. The number of sulfonamides is 1. The number of aromatic nitrogens is 1. The molecule has 0 aliphatic carbocycles. The molecule has 0 radical (unpaired) electrons. The van der Waals surface area contributed by atoms with Crippen LogP contribution in [0.15, 0.2) is 52.5 Å². The van der Waals surface area contributed by atoms with Gasteiger partial charge >= 0.3 is 0 Å². The minimum atomic E-state index is -3.57. The maximum absolute atomic E-state index is 12.6. The van der Waals surface area contributed by atoms with Crippen molar-refractivity contribution in [2.24, 2.45) is 0 Å². The van der Waals surface area contributed by atoms with E-state index in [0.717, 1.165) is 11.3 Å². The Morgan fingerprint density at radius 1 is 1.23 bits per heavy atom. The lowest BCUT2D eigenvalue weighted by Crippen LogP contribution is -2.40. The van der Waals surface area contributed by atoms with Crippen LogP contribution in [0.25, 0.3) is 0 Å². The second kappa shape index (κ2) is 10.3. The zero-order chi connectivity index (χ0) is 21.6. The zero-order valence-electron chi connectivity index (χ0n) is 16.9. The number of ether oxygens (including phenoxy) is 2. The van der Waals surface area contributed by atoms with Crippen molar-refractivity contribution < 1.29 is 22.7 Å². The molecule has 0 saturated carbocycles. The van der Waals surface area contributed by atoms with Crippen molar-refractivity contribution in [2.75, 3.05) is 33.4 Å². The summed E-state index contributed by atoms with van der Waals surface area (Å²) in [6, 6.07) is 10.6. The second-order valence-electron chi connectivity index (χ2n) is 6.67. The molecule has 30 heavy (non-hydrogen) atoms. The Labute approximate surface area is 181 Å². The Balaban J connectivity index is 1.54. The van der Waals surface area contributed by atoms with Crippen LogP contribution in [0.3, 0.4) is 0 Å². The number of carbonyl (C=O) groups excluding carboxylic acids is 1. The van der Waals surface area contributed by atoms with Crippen molar-refractivity contribution in [3.05, 3.63) is 48.2 Å². The highest BCUT2D eigenvalue weighted by atomic mass is 32.2. The van der Waals surface area contributed by atoms with Gasteiger partial charge in [0.1, 0.15) is 10.6 Å². The molecule has 1 atom stereocenters. The van der Waals surface area contributed by atoms with Gasteiger partial charge in [0, 0.05) is 25.8 Å². The molecule has 1 fully saturated rings. The molecule has 1 amide bonds. The first-order valence-electron chi connectivity index (χ1n) is 9.51. The predicted octanol–water partition coefficient (Wildman–Crippen LogP) is 1.91. The number of carbonyl (C=O) groups is 1. The number of hydrogen-bond acceptors (Lipinski definition) is 7. The van der Waals surface area contributed by atoms with Crippen molar-refractivity contribution in [1.29, 1.82) is 0 Å². The summed E-state index contributed by atoms with van der Waals surface area (Å²) >= 11 is 1.28. The fourth-order valence-corrected chi connectivity index (χ4v) is 5.00. The van der Waals surface area contributed by atoms with Gasteiger partial charge in [-0.1, -0.05) is 23.9 Å². The molecular weight excluding hydrogens is 426 g/mol. The molecule has 1 aromatic carbocycles. The number of nitrogens with zero attached hydrogens (tertiary/aromatic N) is 2. The summed E-state index contributed by atoms with van der Waals surface area (Å²) in [7, 11) is -1.97. The van der Waals surface area contributed by atoms with Gasteiger partial charge in [-0.25, -0.2) is 13.4 Å². The third kappa shape index (κ3) is 5.72. The monoisotopic (exact) mass is 451 g/mol. The van der Waals surface area contributed by atoms with Crippen molar-refractivity contribution in [2.45, 2.75) is 28.6 Å². The van der Waals surface area contributed by atoms with Gasteiger partial charge in [0.2, 0.25) is 15.9 Å². The molecule has 1 aliphatic heterocycles. The summed E-state index contributed by atoms with van der Waals surface area (Å²) < 4.78 is 37.0. The van der Waals surface area contributed by atoms with Crippen molar-refractivity contribution in [3.63, 3.8) is 0 Å². The molecule has 10 heteroatoms. The number of benzene rings is 1. The lowest BCUT2D eigenvalue weighted by atomic mass is 10.2. The highest BCUT2D eigenvalue weighted by Gasteiger charge is 2.26. The Hall–Kier alpha value is -2.14. The molecule has 0 spiro atoms. The van der Waals surface area contributed by atoms with Gasteiger partial charge in [-0.05, 0) is 36.8 Å². The van der Waals surface area contributed by atoms with Crippen molar-refractivity contribution >= 4 is 27.7 Å². The van der Waals surface area contributed by atoms with Gasteiger partial charge in [0.25, 0.3) is 0 Å². The maximum atomic E-state index is 12.6. The summed E-state index contributed by atoms with van der Waals surface area (Å²) in [6.07, 6.45) is 1.34. The highest BCUT2D eigenvalue weighted by Crippen LogP contribution is 2.24. The Morgan fingerprint density at radius 2 is 1.93 bits per heavy atom. The maximum Gasteiger partial charge on any atom is 0.244 e. The lowest BCUT2D eigenvalue weighted by molar-refractivity contribution is -0.120. The first kappa shape index (κ1) is 22.5. The molecule has 8 nitrogen and oxygen atoms in total. The fraction of sp³-hybridized carbons (Fsp3) is 0.400. The summed E-state index contributed by atoms with van der Waals surface area (Å²) in [5.74, 6) is 0.641. The average molecular weight is 452 g/mol. The predicted molar refractivity (Wildman–Crippen MR) is 114 cm³/mol. The van der Waals surface area contributed by atoms with Crippen LogP contribution in [-0.2, 0) is 26.1 Å². The molecule has 1 N–H and O–H groups in total. The first-order valence-corrected chi connectivity index (χ1v) is 11.8. The normalized spacial score (nSPS) is 16.1. The number of hydrogen-bond donors (Lipinski definition) is 1. The number of nitrogens with one attached hydrogen (secondary N) is 1. The van der Waals surface area contributed by atoms with Gasteiger partial charge in [0.05, 0.1) is 30.6 Å². The third-order valence-electron chi connectivity index (χ3n) is 4.61. The van der Waals surface area contributed by atoms with E-state index in [1.54, 1.807) is 20.1 Å². The molecule has 3 rings (SSSR count). The first-order chi connectivity index (χ1) is 14.4. The van der Waals surface area contributed by atoms with E-state index < -0.39 is 10.0 Å². The lowest BCUT2D eigenvalue weighted by Gasteiger charge is -2.25. The number of thioether (sulfide) groups is 1. The number of pyridine rings is 1. The standard InChI is InChI=1S/C20H25N3O5S2/c1-15(20(24)22-13-16-3-5-17(27-2)6-4-16)29-19-8-7-18(14-21-19)30(25,26)23-9-11-28-12-10-23/h3-8,14-15H,9-13H2,1-2H3,(H,22,24)/t15-/m1/s1. The highest BCUT2D eigenvalue weighted by molar-refractivity contribution is 8.00. The van der Waals surface area contributed by atoms with Gasteiger partial charge in [-0.3, -0.25) is 4.79 Å². The molecule has 1 saturated heterocycles. The minimum Gasteiger partial charge on any atom is -0.497 e. The topological polar surface area (TPSA) is 97.8 Å². The van der Waals surface area contributed by atoms with Crippen molar-refractivity contribution in [3.8, 4) is 5.75 Å². The Bertz CT molecular complexity index is 943. The van der Waals surface area contributed by atoms with Crippen molar-refractivity contribution in [1.82, 2.24) is 14.6 Å². The van der Waals surface area contributed by atoms with Gasteiger partial charge < -0.3 is 14.8 Å². The SMILES string of the molecule is COc1ccc(CNC(=O)[C@@H](C)Sc2ccc(S(=O)(=O)N3CCOCC3)cn2)cc1. The van der Waals surface area contributed by atoms with E-state index in [2.05, 4.69) is 10.3 Å². The number of amides is 1. The molecule has 1 aliphatic rings. The quantitative estimate of drug-likeness (QED) is 0.612. The summed E-state index contributed by atoms with van der Waals surface area (Å²) in [5, 5.41) is 3.10. The van der Waals surface area contributed by atoms with Crippen LogP contribution in [0, 0.1) is 0 Å². The van der Waals surface area contributed by atoms with Crippen LogP contribution >= 0.6 is 11.8 Å². The van der Waals surface area contributed by atoms with Gasteiger partial charge in [0.15, 0.2) is 0 Å². The number of morpholine rings is 1. The average Bonchev–Trinajstić information content (AvgIpc) is 2.78. The van der Waals surface area contributed by atoms with Crippen LogP contribution in [0.2, 0.25) is 0 Å². The number of methoxy groups -OCH3 is 1. The van der Waals surface area contributed by atoms with Gasteiger partial charge in [-0.2, -0.15) is 4.31 Å². The molecule has 2 heterocycles. The van der Waals surface area contributed by atoms with Gasteiger partial charge in [-0.15, -0.1) is 0 Å². The van der Waals surface area contributed by atoms with E-state index in [1.165, 1.54) is 28.3 Å². The van der Waals surface area contributed by atoms with Crippen LogP contribution in [0.1, 0.15) is 12.5 Å². The molecule has 2 aromatic rings. The molecule has 1 aromatic heterocycles. The summed E-state index contributed by atoms with van der Waals surface area (Å²) in [5.41, 5.74) is 0.970. The smallest absolute Gasteiger partial charge is 0.244 e. The largest absolute Gasteiger partial charge is 0.497 e. The number of rotatable bonds is 8. The van der Waals surface area contributed by atoms with Crippen LogP contribution in [0.5, 0.6) is 5.75 Å². The molecule has 162 valence electrons. The second-order valence-corrected chi connectivity index (χ2v) is 9.97. The van der Waals surface area contributed by atoms with Crippen LogP contribution < -0.4 is 10.1 Å². The minimum absolute atomic E-state index is 0.123. The summed E-state index contributed by atoms with van der Waals surface area (Å²) in [4.78, 5) is 16.8. The van der Waals surface area contributed by atoms with E-state index in [-0.39, 0.29) is 16.1 Å². The molecule has 0 unspecified atom stereocenters. The Kier molecular flexibility index (Phi) is 7.70. The zero-order valence-corrected chi connectivity index (χ0v) is 18.5. The van der Waals surface area contributed by atoms with E-state index in [9.17, 15) is 13.2 Å². The van der Waals surface area contributed by atoms with E-state index in [4.69, 9.17) is 9.47 Å². The van der Waals surface area contributed by atoms with E-state index in [1.807, 2.05) is 24.3 Å².